The lowest BCUT2D eigenvalue weighted by Crippen LogP contribution is -2.41. The summed E-state index contributed by atoms with van der Waals surface area (Å²) in [7, 11) is 0. The molecular formula is C17H25BrN4O2. The molecule has 24 heavy (non-hydrogen) atoms. The molecule has 2 saturated heterocycles. The lowest BCUT2D eigenvalue weighted by atomic mass is 10.2. The van der Waals surface area contributed by atoms with Crippen LogP contribution in [0.1, 0.15) is 30.1 Å². The van der Waals surface area contributed by atoms with Crippen molar-refractivity contribution in [1.29, 1.82) is 0 Å². The summed E-state index contributed by atoms with van der Waals surface area (Å²) in [5.74, 6) is 0.700. The van der Waals surface area contributed by atoms with Gasteiger partial charge in [0, 0.05) is 36.3 Å². The molecule has 3 rings (SSSR count). The molecule has 0 aliphatic carbocycles. The summed E-state index contributed by atoms with van der Waals surface area (Å²) in [6, 6.07) is 2.31. The van der Waals surface area contributed by atoms with E-state index in [4.69, 9.17) is 4.74 Å². The molecule has 0 saturated carbocycles. The van der Waals surface area contributed by atoms with Gasteiger partial charge in [-0.2, -0.15) is 0 Å². The molecule has 0 radical (unpaired) electrons. The van der Waals surface area contributed by atoms with E-state index in [1.165, 1.54) is 6.42 Å². The van der Waals surface area contributed by atoms with Crippen LogP contribution < -0.4 is 10.2 Å². The first-order valence-electron chi connectivity index (χ1n) is 8.69. The monoisotopic (exact) mass is 396 g/mol. The van der Waals surface area contributed by atoms with Crippen molar-refractivity contribution >= 4 is 27.7 Å². The first-order chi connectivity index (χ1) is 11.7. The van der Waals surface area contributed by atoms with E-state index in [0.29, 0.717) is 31.4 Å². The summed E-state index contributed by atoms with van der Waals surface area (Å²) in [6.07, 6.45) is 4.12. The molecular weight excluding hydrogens is 372 g/mol. The average Bonchev–Trinajstić information content (AvgIpc) is 3.08. The molecule has 1 unspecified atom stereocenters. The fourth-order valence-corrected chi connectivity index (χ4v) is 3.81. The summed E-state index contributed by atoms with van der Waals surface area (Å²) in [5, 5.41) is 3.11. The van der Waals surface area contributed by atoms with Gasteiger partial charge in [-0.1, -0.05) is 6.92 Å². The van der Waals surface area contributed by atoms with Gasteiger partial charge in [0.25, 0.3) is 5.91 Å². The zero-order valence-corrected chi connectivity index (χ0v) is 15.7. The molecule has 2 aliphatic heterocycles. The quantitative estimate of drug-likeness (QED) is 0.823. The lowest BCUT2D eigenvalue weighted by molar-refractivity contribution is 0.0939. The van der Waals surface area contributed by atoms with E-state index in [-0.39, 0.29) is 5.91 Å². The molecule has 2 aliphatic rings. The molecule has 1 aromatic rings. The number of likely N-dealkylation sites (N-methyl/N-ethyl adjacent to an activating group) is 1. The van der Waals surface area contributed by atoms with E-state index in [9.17, 15) is 4.79 Å². The Hall–Kier alpha value is -1.18. The van der Waals surface area contributed by atoms with E-state index >= 15 is 0 Å². The highest BCUT2D eigenvalue weighted by atomic mass is 79.9. The standard InChI is InChI=1S/C17H25BrN4O2/c1-2-21-5-3-4-14(21)12-20-17(23)15-10-13(18)11-19-16(15)22-6-8-24-9-7-22/h10-11,14H,2-9,12H2,1H3,(H,20,23). The van der Waals surface area contributed by atoms with Crippen LogP contribution in [0.25, 0.3) is 0 Å². The second kappa shape index (κ2) is 8.27. The SMILES string of the molecule is CCN1CCCC1CNC(=O)c1cc(Br)cnc1N1CCOCC1. The highest BCUT2D eigenvalue weighted by molar-refractivity contribution is 9.10. The number of carbonyl (C=O) groups excluding carboxylic acids is 1. The number of nitrogens with zero attached hydrogens (tertiary/aromatic N) is 3. The Morgan fingerprint density at radius 2 is 2.21 bits per heavy atom. The normalized spacial score (nSPS) is 21.9. The third-order valence-corrected chi connectivity index (χ3v) is 5.23. The first kappa shape index (κ1) is 17.6. The van der Waals surface area contributed by atoms with Crippen molar-refractivity contribution in [2.75, 3.05) is 50.8 Å². The van der Waals surface area contributed by atoms with Gasteiger partial charge in [0.2, 0.25) is 0 Å². The number of hydrogen-bond donors (Lipinski definition) is 1. The summed E-state index contributed by atoms with van der Waals surface area (Å²) in [6.45, 7) is 7.92. The Bertz CT molecular complexity index is 578. The molecule has 132 valence electrons. The summed E-state index contributed by atoms with van der Waals surface area (Å²) in [5.41, 5.74) is 0.632. The Labute approximate surface area is 151 Å². The van der Waals surface area contributed by atoms with E-state index in [1.807, 2.05) is 6.07 Å². The third-order valence-electron chi connectivity index (χ3n) is 4.79. The highest BCUT2D eigenvalue weighted by Crippen LogP contribution is 2.23. The number of aromatic nitrogens is 1. The number of morpholine rings is 1. The van der Waals surface area contributed by atoms with E-state index in [1.54, 1.807) is 6.20 Å². The van der Waals surface area contributed by atoms with Crippen LogP contribution in [-0.2, 0) is 4.74 Å². The van der Waals surface area contributed by atoms with Crippen LogP contribution >= 0.6 is 15.9 Å². The number of ether oxygens (including phenoxy) is 1. The van der Waals surface area contributed by atoms with Crippen LogP contribution in [0.3, 0.4) is 0 Å². The predicted molar refractivity (Wildman–Crippen MR) is 97.6 cm³/mol. The fourth-order valence-electron chi connectivity index (χ4n) is 3.47. The van der Waals surface area contributed by atoms with Crippen molar-refractivity contribution in [3.05, 3.63) is 22.3 Å². The second-order valence-corrected chi connectivity index (χ2v) is 7.17. The van der Waals surface area contributed by atoms with Crippen LogP contribution in [-0.4, -0.2) is 67.8 Å². The van der Waals surface area contributed by atoms with Gasteiger partial charge in [-0.25, -0.2) is 4.98 Å². The molecule has 1 amide bonds. The maximum atomic E-state index is 12.8. The number of halogens is 1. The van der Waals surface area contributed by atoms with E-state index < -0.39 is 0 Å². The Kier molecular flexibility index (Phi) is 6.08. The van der Waals surface area contributed by atoms with Gasteiger partial charge in [0.1, 0.15) is 5.82 Å². The Morgan fingerprint density at radius 3 is 2.96 bits per heavy atom. The number of nitrogens with one attached hydrogen (secondary N) is 1. The van der Waals surface area contributed by atoms with Crippen LogP contribution in [0.2, 0.25) is 0 Å². The molecule has 6 nitrogen and oxygen atoms in total. The molecule has 1 N–H and O–H groups in total. The smallest absolute Gasteiger partial charge is 0.255 e. The minimum absolute atomic E-state index is 0.0479. The molecule has 1 atom stereocenters. The van der Waals surface area contributed by atoms with Crippen LogP contribution in [0.4, 0.5) is 5.82 Å². The maximum Gasteiger partial charge on any atom is 0.255 e. The number of likely N-dealkylation sites (tertiary alicyclic amines) is 1. The van der Waals surface area contributed by atoms with E-state index in [2.05, 4.69) is 43.0 Å². The minimum atomic E-state index is -0.0479. The van der Waals surface area contributed by atoms with Crippen LogP contribution in [0.5, 0.6) is 0 Å². The molecule has 7 heteroatoms. The molecule has 0 bridgehead atoms. The summed E-state index contributed by atoms with van der Waals surface area (Å²) in [4.78, 5) is 21.8. The maximum absolute atomic E-state index is 12.8. The third kappa shape index (κ3) is 4.07. The molecule has 3 heterocycles. The lowest BCUT2D eigenvalue weighted by Gasteiger charge is -2.29. The number of pyridine rings is 1. The van der Waals surface area contributed by atoms with Gasteiger partial charge in [-0.15, -0.1) is 0 Å². The minimum Gasteiger partial charge on any atom is -0.378 e. The van der Waals surface area contributed by atoms with Gasteiger partial charge in [-0.05, 0) is 47.9 Å². The Morgan fingerprint density at radius 1 is 1.42 bits per heavy atom. The van der Waals surface area contributed by atoms with Gasteiger partial charge in [-0.3, -0.25) is 9.69 Å². The number of amides is 1. The van der Waals surface area contributed by atoms with Crippen molar-refractivity contribution in [3.8, 4) is 0 Å². The van der Waals surface area contributed by atoms with Gasteiger partial charge in [0.15, 0.2) is 0 Å². The summed E-state index contributed by atoms with van der Waals surface area (Å²) >= 11 is 3.43. The van der Waals surface area contributed by atoms with Crippen molar-refractivity contribution in [2.45, 2.75) is 25.8 Å². The van der Waals surface area contributed by atoms with Crippen LogP contribution in [0.15, 0.2) is 16.7 Å². The molecule has 1 aromatic heterocycles. The summed E-state index contributed by atoms with van der Waals surface area (Å²) < 4.78 is 6.22. The van der Waals surface area contributed by atoms with Crippen molar-refractivity contribution in [3.63, 3.8) is 0 Å². The number of anilines is 1. The van der Waals surface area contributed by atoms with Crippen molar-refractivity contribution < 1.29 is 9.53 Å². The van der Waals surface area contributed by atoms with Crippen LogP contribution in [0, 0.1) is 0 Å². The van der Waals surface area contributed by atoms with Crippen molar-refractivity contribution in [2.24, 2.45) is 0 Å². The highest BCUT2D eigenvalue weighted by Gasteiger charge is 2.25. The largest absolute Gasteiger partial charge is 0.378 e. The average molecular weight is 397 g/mol. The zero-order chi connectivity index (χ0) is 16.9. The Balaban J connectivity index is 1.70. The topological polar surface area (TPSA) is 57.7 Å². The molecule has 0 spiro atoms. The molecule has 2 fully saturated rings. The van der Waals surface area contributed by atoms with Crippen molar-refractivity contribution in [1.82, 2.24) is 15.2 Å². The van der Waals surface area contributed by atoms with Gasteiger partial charge < -0.3 is 15.0 Å². The van der Waals surface area contributed by atoms with Gasteiger partial charge in [0.05, 0.1) is 18.8 Å². The van der Waals surface area contributed by atoms with E-state index in [0.717, 1.165) is 42.9 Å². The predicted octanol–water partition coefficient (Wildman–Crippen LogP) is 1.89. The zero-order valence-electron chi connectivity index (χ0n) is 14.1. The first-order valence-corrected chi connectivity index (χ1v) is 9.49. The van der Waals surface area contributed by atoms with Gasteiger partial charge >= 0.3 is 0 Å². The molecule has 0 aromatic carbocycles. The number of hydrogen-bond acceptors (Lipinski definition) is 5. The fraction of sp³-hybridized carbons (Fsp3) is 0.647. The number of carbonyl (C=O) groups is 1. The number of rotatable bonds is 5. The second-order valence-electron chi connectivity index (χ2n) is 6.26.